The van der Waals surface area contributed by atoms with Gasteiger partial charge in [0.2, 0.25) is 5.91 Å². The maximum atomic E-state index is 11.6. The smallest absolute Gasteiger partial charge is 0.238 e. The van der Waals surface area contributed by atoms with E-state index in [1.54, 1.807) is 11.9 Å². The third-order valence-electron chi connectivity index (χ3n) is 3.24. The molecular weight excluding hydrogens is 180 g/mol. The predicted octanol–water partition coefficient (Wildman–Crippen LogP) is 0.417. The van der Waals surface area contributed by atoms with Crippen LogP contribution in [-0.4, -0.2) is 34.2 Å². The SMILES string of the molecule is CC(O)CCN1NC2(CCC2)CC1=O. The molecule has 2 fully saturated rings. The van der Waals surface area contributed by atoms with Crippen LogP contribution < -0.4 is 5.43 Å². The van der Waals surface area contributed by atoms with Crippen molar-refractivity contribution in [1.82, 2.24) is 10.4 Å². The van der Waals surface area contributed by atoms with E-state index >= 15 is 0 Å². The fraction of sp³-hybridized carbons (Fsp3) is 0.900. The zero-order valence-electron chi connectivity index (χ0n) is 8.62. The minimum Gasteiger partial charge on any atom is -0.393 e. The van der Waals surface area contributed by atoms with Gasteiger partial charge >= 0.3 is 0 Å². The van der Waals surface area contributed by atoms with Gasteiger partial charge in [-0.05, 0) is 32.6 Å². The van der Waals surface area contributed by atoms with Crippen LogP contribution in [0.5, 0.6) is 0 Å². The number of nitrogens with zero attached hydrogens (tertiary/aromatic N) is 1. The molecule has 1 heterocycles. The van der Waals surface area contributed by atoms with Crippen LogP contribution in [-0.2, 0) is 4.79 Å². The molecule has 2 aliphatic rings. The number of carbonyl (C=O) groups is 1. The largest absolute Gasteiger partial charge is 0.393 e. The van der Waals surface area contributed by atoms with Crippen molar-refractivity contribution in [3.8, 4) is 0 Å². The Hall–Kier alpha value is -0.610. The van der Waals surface area contributed by atoms with Crippen LogP contribution in [0.4, 0.5) is 0 Å². The Morgan fingerprint density at radius 3 is 2.79 bits per heavy atom. The summed E-state index contributed by atoms with van der Waals surface area (Å²) in [5.74, 6) is 0.186. The summed E-state index contributed by atoms with van der Waals surface area (Å²) >= 11 is 0. The zero-order chi connectivity index (χ0) is 10.2. The highest BCUT2D eigenvalue weighted by molar-refractivity contribution is 5.79. The average Bonchev–Trinajstić information content (AvgIpc) is 2.39. The van der Waals surface area contributed by atoms with E-state index in [9.17, 15) is 4.79 Å². The molecule has 0 aromatic carbocycles. The number of aliphatic hydroxyl groups is 1. The first-order valence-corrected chi connectivity index (χ1v) is 5.38. The number of hydrazine groups is 1. The van der Waals surface area contributed by atoms with E-state index in [2.05, 4.69) is 5.43 Å². The molecule has 1 aliphatic heterocycles. The predicted molar refractivity (Wildman–Crippen MR) is 52.3 cm³/mol. The molecule has 0 aromatic rings. The van der Waals surface area contributed by atoms with E-state index in [1.807, 2.05) is 0 Å². The molecule has 1 amide bonds. The van der Waals surface area contributed by atoms with Gasteiger partial charge in [0.1, 0.15) is 0 Å². The van der Waals surface area contributed by atoms with Crippen LogP contribution in [0.1, 0.15) is 39.0 Å². The van der Waals surface area contributed by atoms with E-state index in [0.29, 0.717) is 19.4 Å². The highest BCUT2D eigenvalue weighted by Crippen LogP contribution is 2.38. The molecule has 1 unspecified atom stereocenters. The standard InChI is InChI=1S/C10H18N2O2/c1-8(13)3-6-12-9(14)7-10(11-12)4-2-5-10/h8,11,13H,2-7H2,1H3. The highest BCUT2D eigenvalue weighted by atomic mass is 16.3. The van der Waals surface area contributed by atoms with Gasteiger partial charge in [-0.15, -0.1) is 0 Å². The molecule has 4 nitrogen and oxygen atoms in total. The highest BCUT2D eigenvalue weighted by Gasteiger charge is 2.46. The third kappa shape index (κ3) is 1.77. The number of nitrogens with one attached hydrogen (secondary N) is 1. The van der Waals surface area contributed by atoms with Crippen LogP contribution in [0.25, 0.3) is 0 Å². The molecule has 4 heteroatoms. The maximum absolute atomic E-state index is 11.6. The number of hydrogen-bond acceptors (Lipinski definition) is 3. The lowest BCUT2D eigenvalue weighted by Gasteiger charge is -2.38. The number of rotatable bonds is 3. The number of carbonyl (C=O) groups excluding carboxylic acids is 1. The van der Waals surface area contributed by atoms with Crippen molar-refractivity contribution in [2.75, 3.05) is 6.54 Å². The normalized spacial score (nSPS) is 26.7. The summed E-state index contributed by atoms with van der Waals surface area (Å²) in [5.41, 5.74) is 3.37. The lowest BCUT2D eigenvalue weighted by Crippen LogP contribution is -2.51. The number of amides is 1. The molecule has 2 rings (SSSR count). The minimum absolute atomic E-state index is 0.0930. The van der Waals surface area contributed by atoms with Crippen LogP contribution in [0.3, 0.4) is 0 Å². The maximum Gasteiger partial charge on any atom is 0.238 e. The van der Waals surface area contributed by atoms with Gasteiger partial charge in [0.15, 0.2) is 0 Å². The van der Waals surface area contributed by atoms with Crippen molar-refractivity contribution < 1.29 is 9.90 Å². The van der Waals surface area contributed by atoms with Gasteiger partial charge < -0.3 is 5.11 Å². The van der Waals surface area contributed by atoms with Gasteiger partial charge in [0.25, 0.3) is 0 Å². The second-order valence-electron chi connectivity index (χ2n) is 4.61. The Morgan fingerprint density at radius 1 is 1.64 bits per heavy atom. The van der Waals surface area contributed by atoms with Crippen molar-refractivity contribution in [3.05, 3.63) is 0 Å². The summed E-state index contributed by atoms with van der Waals surface area (Å²) in [5, 5.41) is 10.8. The van der Waals surface area contributed by atoms with Crippen LogP contribution in [0.2, 0.25) is 0 Å². The van der Waals surface area contributed by atoms with Crippen molar-refractivity contribution >= 4 is 5.91 Å². The molecule has 1 aliphatic carbocycles. The van der Waals surface area contributed by atoms with Gasteiger partial charge in [-0.25, -0.2) is 5.43 Å². The average molecular weight is 198 g/mol. The number of hydrogen-bond donors (Lipinski definition) is 2. The Kier molecular flexibility index (Phi) is 2.49. The van der Waals surface area contributed by atoms with Crippen LogP contribution in [0, 0.1) is 0 Å². The molecule has 0 radical (unpaired) electrons. The second-order valence-corrected chi connectivity index (χ2v) is 4.61. The van der Waals surface area contributed by atoms with Crippen molar-refractivity contribution in [3.63, 3.8) is 0 Å². The summed E-state index contributed by atoms with van der Waals surface area (Å²) < 4.78 is 0. The van der Waals surface area contributed by atoms with E-state index in [0.717, 1.165) is 12.8 Å². The first kappa shape index (κ1) is 9.93. The lowest BCUT2D eigenvalue weighted by atomic mass is 9.76. The van der Waals surface area contributed by atoms with Crippen molar-refractivity contribution in [2.24, 2.45) is 0 Å². The molecule has 1 spiro atoms. The van der Waals surface area contributed by atoms with Gasteiger partial charge in [0.05, 0.1) is 6.10 Å². The molecule has 0 aromatic heterocycles. The first-order valence-electron chi connectivity index (χ1n) is 5.38. The Morgan fingerprint density at radius 2 is 2.36 bits per heavy atom. The summed E-state index contributed by atoms with van der Waals surface area (Å²) in [4.78, 5) is 11.6. The van der Waals surface area contributed by atoms with E-state index in [4.69, 9.17) is 5.11 Å². The third-order valence-corrected chi connectivity index (χ3v) is 3.24. The molecule has 1 saturated heterocycles. The van der Waals surface area contributed by atoms with E-state index in [-0.39, 0.29) is 17.6 Å². The van der Waals surface area contributed by atoms with Gasteiger partial charge in [0, 0.05) is 18.5 Å². The van der Waals surface area contributed by atoms with Crippen molar-refractivity contribution in [2.45, 2.75) is 50.7 Å². The quantitative estimate of drug-likeness (QED) is 0.691. The molecule has 14 heavy (non-hydrogen) atoms. The molecule has 80 valence electrons. The first-order chi connectivity index (χ1) is 6.61. The molecule has 2 N–H and O–H groups in total. The molecule has 1 atom stereocenters. The van der Waals surface area contributed by atoms with Gasteiger partial charge in [-0.1, -0.05) is 0 Å². The summed E-state index contributed by atoms with van der Waals surface area (Å²) in [6.07, 6.45) is 4.42. The molecule has 0 bridgehead atoms. The molecule has 1 saturated carbocycles. The van der Waals surface area contributed by atoms with Gasteiger partial charge in [-0.3, -0.25) is 9.80 Å². The van der Waals surface area contributed by atoms with Gasteiger partial charge in [-0.2, -0.15) is 0 Å². The Labute approximate surface area is 84.2 Å². The van der Waals surface area contributed by atoms with Crippen LogP contribution >= 0.6 is 0 Å². The number of aliphatic hydroxyl groups excluding tert-OH is 1. The summed E-state index contributed by atoms with van der Waals surface area (Å²) in [6, 6.07) is 0. The Bertz CT molecular complexity index is 236. The summed E-state index contributed by atoms with van der Waals surface area (Å²) in [7, 11) is 0. The molecular formula is C10H18N2O2. The Balaban J connectivity index is 1.85. The van der Waals surface area contributed by atoms with E-state index in [1.165, 1.54) is 6.42 Å². The lowest BCUT2D eigenvalue weighted by molar-refractivity contribution is -0.129. The van der Waals surface area contributed by atoms with Crippen LogP contribution in [0.15, 0.2) is 0 Å². The fourth-order valence-electron chi connectivity index (χ4n) is 2.16. The zero-order valence-corrected chi connectivity index (χ0v) is 8.62. The second kappa shape index (κ2) is 3.51. The van der Waals surface area contributed by atoms with E-state index < -0.39 is 0 Å². The van der Waals surface area contributed by atoms with Crippen molar-refractivity contribution in [1.29, 1.82) is 0 Å². The fourth-order valence-corrected chi connectivity index (χ4v) is 2.16. The topological polar surface area (TPSA) is 52.6 Å². The summed E-state index contributed by atoms with van der Waals surface area (Å²) in [6.45, 7) is 2.37. The monoisotopic (exact) mass is 198 g/mol. The minimum atomic E-state index is -0.331.